The van der Waals surface area contributed by atoms with Crippen LogP contribution in [0.3, 0.4) is 0 Å². The van der Waals surface area contributed by atoms with Crippen LogP contribution in [0.4, 0.5) is 13.2 Å². The number of aromatic nitrogens is 5. The molecule has 0 bridgehead atoms. The average molecular weight is 329 g/mol. The summed E-state index contributed by atoms with van der Waals surface area (Å²) >= 11 is 0. The summed E-state index contributed by atoms with van der Waals surface area (Å²) < 4.78 is 33.2. The van der Waals surface area contributed by atoms with Gasteiger partial charge in [0.25, 0.3) is 0 Å². The number of carboxylic acid groups (broad SMARTS) is 1. The van der Waals surface area contributed by atoms with E-state index < -0.39 is 12.1 Å². The first-order chi connectivity index (χ1) is 10.7. The lowest BCUT2D eigenvalue weighted by Gasteiger charge is -2.06. The van der Waals surface area contributed by atoms with Crippen molar-refractivity contribution in [2.75, 3.05) is 0 Å². The molecule has 2 aromatic heterocycles. The molecule has 1 unspecified atom stereocenters. The number of halogens is 3. The van der Waals surface area contributed by atoms with Crippen LogP contribution in [-0.2, 0) is 4.79 Å². The van der Waals surface area contributed by atoms with Gasteiger partial charge in [0.05, 0.1) is 6.04 Å². The molecule has 2 heterocycles. The van der Waals surface area contributed by atoms with Crippen LogP contribution in [0, 0.1) is 11.3 Å². The predicted molar refractivity (Wildman–Crippen MR) is 68.0 cm³/mol. The molecule has 1 atom stereocenters. The lowest BCUT2D eigenvalue weighted by atomic mass is 10.3. The van der Waals surface area contributed by atoms with Gasteiger partial charge in [0, 0.05) is 6.07 Å². The Morgan fingerprint density at radius 3 is 2.48 bits per heavy atom. The van der Waals surface area contributed by atoms with Crippen LogP contribution in [0.25, 0.3) is 5.82 Å². The van der Waals surface area contributed by atoms with E-state index >= 15 is 0 Å². The first-order valence-corrected chi connectivity index (χ1v) is 5.85. The number of hydrogen-bond donors (Lipinski definition) is 2. The Bertz CT molecular complexity index is 721. The van der Waals surface area contributed by atoms with Gasteiger partial charge in [0.15, 0.2) is 11.6 Å². The molecule has 0 aliphatic heterocycles. The highest BCUT2D eigenvalue weighted by Crippen LogP contribution is 2.13. The van der Waals surface area contributed by atoms with E-state index in [-0.39, 0.29) is 11.7 Å². The van der Waals surface area contributed by atoms with E-state index in [0.717, 1.165) is 0 Å². The predicted octanol–water partition coefficient (Wildman–Crippen LogP) is 0.582. The number of carbonyl (C=O) groups is 1. The Morgan fingerprint density at radius 1 is 1.39 bits per heavy atom. The van der Waals surface area contributed by atoms with Crippen molar-refractivity contribution >= 4 is 5.97 Å². The Morgan fingerprint density at radius 2 is 2.00 bits per heavy atom. The first kappa shape index (κ1) is 18.0. The van der Waals surface area contributed by atoms with Gasteiger partial charge in [-0.2, -0.15) is 28.2 Å². The second-order valence-electron chi connectivity index (χ2n) is 3.99. The Hall–Kier alpha value is -3.07. The Balaban J connectivity index is 0.000000322. The fraction of sp³-hybridized carbons (Fsp3) is 0.273. The zero-order valence-corrected chi connectivity index (χ0v) is 11.6. The number of aliphatic carboxylic acids is 1. The van der Waals surface area contributed by atoms with E-state index in [1.807, 2.05) is 6.07 Å². The van der Waals surface area contributed by atoms with Gasteiger partial charge in [-0.05, 0) is 6.92 Å². The van der Waals surface area contributed by atoms with Crippen molar-refractivity contribution in [1.82, 2.24) is 24.7 Å². The SMILES string of the molecule is CC(N)c1ncnn1-c1cc(C#N)ncn1.O=C(O)C(F)(F)F. The van der Waals surface area contributed by atoms with Crippen LogP contribution in [0.1, 0.15) is 24.5 Å². The largest absolute Gasteiger partial charge is 0.490 e. The number of alkyl halides is 3. The molecule has 2 rings (SSSR count). The molecule has 9 nitrogen and oxygen atoms in total. The van der Waals surface area contributed by atoms with Crippen molar-refractivity contribution < 1.29 is 23.1 Å². The lowest BCUT2D eigenvalue weighted by molar-refractivity contribution is -0.192. The van der Waals surface area contributed by atoms with E-state index in [4.69, 9.17) is 20.9 Å². The minimum Gasteiger partial charge on any atom is -0.475 e. The zero-order valence-electron chi connectivity index (χ0n) is 11.6. The molecule has 0 spiro atoms. The fourth-order valence-corrected chi connectivity index (χ4v) is 1.26. The molecule has 0 aliphatic carbocycles. The summed E-state index contributed by atoms with van der Waals surface area (Å²) in [4.78, 5) is 20.7. The van der Waals surface area contributed by atoms with E-state index in [1.54, 1.807) is 6.92 Å². The van der Waals surface area contributed by atoms with Gasteiger partial charge in [-0.3, -0.25) is 0 Å². The molecule has 122 valence electrons. The summed E-state index contributed by atoms with van der Waals surface area (Å²) in [5, 5.41) is 19.9. The van der Waals surface area contributed by atoms with Crippen molar-refractivity contribution in [2.45, 2.75) is 19.1 Å². The van der Waals surface area contributed by atoms with Gasteiger partial charge in [-0.1, -0.05) is 0 Å². The summed E-state index contributed by atoms with van der Waals surface area (Å²) in [5.41, 5.74) is 6.01. The van der Waals surface area contributed by atoms with Crippen LogP contribution < -0.4 is 5.73 Å². The quantitative estimate of drug-likeness (QED) is 0.814. The van der Waals surface area contributed by atoms with Gasteiger partial charge < -0.3 is 10.8 Å². The minimum absolute atomic E-state index is 0.261. The molecule has 2 aromatic rings. The summed E-state index contributed by atoms with van der Waals surface area (Å²) in [5.74, 6) is -1.69. The van der Waals surface area contributed by atoms with Crippen molar-refractivity contribution in [1.29, 1.82) is 5.26 Å². The molecule has 0 amide bonds. The molecule has 0 fully saturated rings. The van der Waals surface area contributed by atoms with E-state index in [2.05, 4.69) is 20.1 Å². The van der Waals surface area contributed by atoms with Crippen molar-refractivity contribution in [3.05, 3.63) is 30.2 Å². The average Bonchev–Trinajstić information content (AvgIpc) is 2.96. The number of hydrogen-bond acceptors (Lipinski definition) is 7. The number of nitrogens with zero attached hydrogens (tertiary/aromatic N) is 6. The highest BCUT2D eigenvalue weighted by molar-refractivity contribution is 5.73. The molecule has 0 saturated carbocycles. The maximum absolute atomic E-state index is 10.6. The molecule has 0 aromatic carbocycles. The fourth-order valence-electron chi connectivity index (χ4n) is 1.26. The molecule has 0 aliphatic rings. The maximum Gasteiger partial charge on any atom is 0.490 e. The van der Waals surface area contributed by atoms with Gasteiger partial charge >= 0.3 is 12.1 Å². The first-order valence-electron chi connectivity index (χ1n) is 5.85. The summed E-state index contributed by atoms with van der Waals surface area (Å²) in [6.45, 7) is 1.80. The van der Waals surface area contributed by atoms with Crippen molar-refractivity contribution in [2.24, 2.45) is 5.73 Å². The smallest absolute Gasteiger partial charge is 0.475 e. The molecule has 23 heavy (non-hydrogen) atoms. The molecule has 0 saturated heterocycles. The summed E-state index contributed by atoms with van der Waals surface area (Å²) in [6, 6.07) is 3.20. The normalized spacial score (nSPS) is 11.8. The second-order valence-corrected chi connectivity index (χ2v) is 3.99. The number of nitriles is 1. The van der Waals surface area contributed by atoms with Gasteiger partial charge in [0.2, 0.25) is 0 Å². The van der Waals surface area contributed by atoms with E-state index in [9.17, 15) is 13.2 Å². The third-order valence-corrected chi connectivity index (χ3v) is 2.21. The number of nitrogens with two attached hydrogens (primary N) is 1. The molecular weight excluding hydrogens is 319 g/mol. The standard InChI is InChI=1S/C9H9N7.C2HF3O2/c1-6(11)9-14-5-15-16(9)8-2-7(3-10)12-4-13-8;3-2(4,5)1(6)7/h2,4-6H,11H2,1H3;(H,6,7). The summed E-state index contributed by atoms with van der Waals surface area (Å²) in [6.07, 6.45) is -2.38. The van der Waals surface area contributed by atoms with E-state index in [0.29, 0.717) is 11.6 Å². The maximum atomic E-state index is 10.6. The zero-order chi connectivity index (χ0) is 17.6. The number of carboxylic acids is 1. The minimum atomic E-state index is -5.08. The second kappa shape index (κ2) is 7.27. The van der Waals surface area contributed by atoms with Crippen LogP contribution in [-0.4, -0.2) is 42.0 Å². The number of rotatable bonds is 2. The van der Waals surface area contributed by atoms with Gasteiger partial charge in [0.1, 0.15) is 24.4 Å². The Labute approximate surface area is 127 Å². The van der Waals surface area contributed by atoms with Crippen LogP contribution in [0.2, 0.25) is 0 Å². The highest BCUT2D eigenvalue weighted by Gasteiger charge is 2.38. The molecular formula is C11H10F3N7O2. The van der Waals surface area contributed by atoms with Crippen LogP contribution >= 0.6 is 0 Å². The van der Waals surface area contributed by atoms with Crippen LogP contribution in [0.5, 0.6) is 0 Å². The monoisotopic (exact) mass is 329 g/mol. The van der Waals surface area contributed by atoms with E-state index in [1.165, 1.54) is 23.4 Å². The molecule has 12 heteroatoms. The van der Waals surface area contributed by atoms with Gasteiger partial charge in [-0.25, -0.2) is 19.7 Å². The molecule has 3 N–H and O–H groups in total. The van der Waals surface area contributed by atoms with Crippen LogP contribution in [0.15, 0.2) is 18.7 Å². The lowest BCUT2D eigenvalue weighted by Crippen LogP contribution is -2.21. The topological polar surface area (TPSA) is 144 Å². The van der Waals surface area contributed by atoms with Crippen molar-refractivity contribution in [3.8, 4) is 11.9 Å². The highest BCUT2D eigenvalue weighted by atomic mass is 19.4. The molecule has 0 radical (unpaired) electrons. The van der Waals surface area contributed by atoms with Gasteiger partial charge in [-0.15, -0.1) is 0 Å². The van der Waals surface area contributed by atoms with Crippen molar-refractivity contribution in [3.63, 3.8) is 0 Å². The third kappa shape index (κ3) is 5.00. The third-order valence-electron chi connectivity index (χ3n) is 2.21. The Kier molecular flexibility index (Phi) is 5.68. The summed E-state index contributed by atoms with van der Waals surface area (Å²) in [7, 11) is 0.